The number of aromatic hydroxyl groups is 1. The number of hydrogen-bond donors (Lipinski definition) is 2. The fourth-order valence-electron chi connectivity index (χ4n) is 8.51. The van der Waals surface area contributed by atoms with Crippen molar-refractivity contribution in [1.82, 2.24) is 19.8 Å². The summed E-state index contributed by atoms with van der Waals surface area (Å²) in [5.74, 6) is -0.800. The number of phenolic OH excluding ortho intramolecular Hbond substituents is 1. The van der Waals surface area contributed by atoms with Gasteiger partial charge in [-0.3, -0.25) is 28.6 Å². The van der Waals surface area contributed by atoms with E-state index in [1.54, 1.807) is 73.7 Å². The van der Waals surface area contributed by atoms with Crippen LogP contribution in [0.4, 0.5) is 20.2 Å². The Morgan fingerprint density at radius 3 is 1.78 bits per heavy atom. The van der Waals surface area contributed by atoms with E-state index in [0.29, 0.717) is 44.5 Å². The Hall–Kier alpha value is -7.38. The molecule has 4 heterocycles. The molecule has 5 aromatic carbocycles. The zero-order valence-electron chi connectivity index (χ0n) is 37.7. The van der Waals surface area contributed by atoms with Crippen molar-refractivity contribution in [1.29, 1.82) is 0 Å². The number of amides is 2. The fourth-order valence-corrected chi connectivity index (χ4v) is 9.66. The number of ether oxygens (including phenoxy) is 2. The molecule has 0 saturated heterocycles. The molecule has 352 valence electrons. The van der Waals surface area contributed by atoms with Crippen molar-refractivity contribution in [3.05, 3.63) is 160 Å². The Morgan fingerprint density at radius 1 is 0.735 bits per heavy atom. The van der Waals surface area contributed by atoms with Crippen LogP contribution in [0.25, 0.3) is 21.8 Å². The van der Waals surface area contributed by atoms with Crippen LogP contribution in [0.3, 0.4) is 0 Å². The van der Waals surface area contributed by atoms with Gasteiger partial charge >= 0.3 is 0 Å². The zero-order valence-corrected chi connectivity index (χ0v) is 39.3. The van der Waals surface area contributed by atoms with E-state index in [4.69, 9.17) is 9.47 Å². The van der Waals surface area contributed by atoms with Gasteiger partial charge in [-0.2, -0.15) is 0 Å². The standard InChI is InChI=1S/C28H26FN3O5S.C21H20FN3O4S/c1-17(19-8-10-20(29)11-9-19)32-15-23-24(28(32)33)27(37-16-18-6-12-21(36-2)13-7-18)26-22(5-4-14-30-26)25(23)31-38(3,34)35;1-12(13-6-8-14(22)9-7-13)25-11-16-17(21(25)27)20(26)18-15(5-4-10-23-18)19(16)24(2)30(3,28)29/h4-14,17,31H,15-16H2,1-3H3;4-10,12,26H,11H2,1-3H3. The van der Waals surface area contributed by atoms with Crippen molar-refractivity contribution >= 4 is 65.0 Å². The van der Waals surface area contributed by atoms with E-state index in [0.717, 1.165) is 33.5 Å². The number of nitrogens with zero attached hydrogens (tertiary/aromatic N) is 5. The van der Waals surface area contributed by atoms with Crippen LogP contribution in [-0.2, 0) is 39.7 Å². The largest absolute Gasteiger partial charge is 0.505 e. The number of sulfonamides is 2. The van der Waals surface area contributed by atoms with Gasteiger partial charge in [0.15, 0.2) is 11.5 Å². The van der Waals surface area contributed by atoms with Crippen LogP contribution < -0.4 is 18.5 Å². The van der Waals surface area contributed by atoms with Crippen molar-refractivity contribution in [2.24, 2.45) is 0 Å². The number of anilines is 2. The van der Waals surface area contributed by atoms with Crippen molar-refractivity contribution in [3.8, 4) is 17.2 Å². The molecule has 2 atom stereocenters. The van der Waals surface area contributed by atoms with Crippen LogP contribution in [0.15, 0.2) is 109 Å². The fraction of sp³-hybridized carbons (Fsp3) is 0.224. The molecule has 2 aromatic heterocycles. The highest BCUT2D eigenvalue weighted by Gasteiger charge is 2.40. The molecule has 0 fully saturated rings. The van der Waals surface area contributed by atoms with Gasteiger partial charge in [-0.25, -0.2) is 25.6 Å². The molecule has 0 radical (unpaired) electrons. The van der Waals surface area contributed by atoms with Gasteiger partial charge in [0.1, 0.15) is 35.0 Å². The number of phenols is 1. The van der Waals surface area contributed by atoms with E-state index in [1.807, 2.05) is 31.2 Å². The van der Waals surface area contributed by atoms with E-state index < -0.39 is 38.0 Å². The number of carbonyl (C=O) groups is 2. The van der Waals surface area contributed by atoms with Crippen LogP contribution in [0, 0.1) is 11.6 Å². The quantitative estimate of drug-likeness (QED) is 0.120. The number of fused-ring (bicyclic) bond motifs is 4. The number of carbonyl (C=O) groups excluding carboxylic acids is 2. The molecule has 2 N–H and O–H groups in total. The first kappa shape index (κ1) is 47.1. The molecule has 0 saturated carbocycles. The van der Waals surface area contributed by atoms with Gasteiger partial charge in [-0.15, -0.1) is 0 Å². The van der Waals surface area contributed by atoms with Crippen molar-refractivity contribution in [3.63, 3.8) is 0 Å². The minimum Gasteiger partial charge on any atom is -0.505 e. The number of pyridine rings is 2. The summed E-state index contributed by atoms with van der Waals surface area (Å²) in [5, 5.41) is 11.8. The normalized spacial score (nSPS) is 14.3. The first-order chi connectivity index (χ1) is 32.3. The molecular weight excluding hydrogens is 919 g/mol. The molecule has 0 aliphatic carbocycles. The lowest BCUT2D eigenvalue weighted by Gasteiger charge is -2.25. The van der Waals surface area contributed by atoms with E-state index >= 15 is 0 Å². The summed E-state index contributed by atoms with van der Waals surface area (Å²) in [7, 11) is -4.33. The van der Waals surface area contributed by atoms with Crippen molar-refractivity contribution < 1.29 is 49.8 Å². The first-order valence-electron chi connectivity index (χ1n) is 21.1. The average molecular weight is 965 g/mol. The van der Waals surface area contributed by atoms with Crippen LogP contribution >= 0.6 is 0 Å². The van der Waals surface area contributed by atoms with E-state index in [2.05, 4.69) is 14.7 Å². The molecule has 0 bridgehead atoms. The summed E-state index contributed by atoms with van der Waals surface area (Å²) in [6.07, 6.45) is 5.17. The van der Waals surface area contributed by atoms with Crippen molar-refractivity contribution in [2.45, 2.75) is 45.6 Å². The molecule has 0 spiro atoms. The summed E-state index contributed by atoms with van der Waals surface area (Å²) in [5.41, 5.74) is 4.67. The van der Waals surface area contributed by atoms with Gasteiger partial charge in [-0.05, 0) is 91.2 Å². The smallest absolute Gasteiger partial charge is 0.258 e. The third-order valence-electron chi connectivity index (χ3n) is 12.1. The lowest BCUT2D eigenvalue weighted by atomic mass is 10.0. The Labute approximate surface area is 391 Å². The van der Waals surface area contributed by atoms with Gasteiger partial charge in [0.05, 0.1) is 54.2 Å². The van der Waals surface area contributed by atoms with Gasteiger partial charge in [0.2, 0.25) is 20.0 Å². The number of rotatable bonds is 12. The lowest BCUT2D eigenvalue weighted by molar-refractivity contribution is 0.0705. The highest BCUT2D eigenvalue weighted by Crippen LogP contribution is 2.47. The van der Waals surface area contributed by atoms with E-state index in [1.165, 1.54) is 42.4 Å². The van der Waals surface area contributed by atoms with Gasteiger partial charge < -0.3 is 24.4 Å². The molecule has 68 heavy (non-hydrogen) atoms. The maximum Gasteiger partial charge on any atom is 0.258 e. The van der Waals surface area contributed by atoms with Crippen LogP contribution in [-0.4, -0.2) is 80.2 Å². The predicted molar refractivity (Wildman–Crippen MR) is 254 cm³/mol. The molecular formula is C49H46F2N6O9S2. The number of methoxy groups -OCH3 is 1. The van der Waals surface area contributed by atoms with E-state index in [9.17, 15) is 40.3 Å². The highest BCUT2D eigenvalue weighted by atomic mass is 32.2. The molecule has 2 aliphatic heterocycles. The molecule has 9 rings (SSSR count). The van der Waals surface area contributed by atoms with Gasteiger partial charge in [-0.1, -0.05) is 36.4 Å². The Morgan fingerprint density at radius 2 is 1.25 bits per heavy atom. The first-order valence-corrected chi connectivity index (χ1v) is 24.9. The summed E-state index contributed by atoms with van der Waals surface area (Å²) in [6, 6.07) is 25.0. The van der Waals surface area contributed by atoms with Crippen LogP contribution in [0.2, 0.25) is 0 Å². The second-order valence-electron chi connectivity index (χ2n) is 16.5. The summed E-state index contributed by atoms with van der Waals surface area (Å²) in [6.45, 7) is 4.03. The second kappa shape index (κ2) is 18.4. The minimum absolute atomic E-state index is 0.0423. The molecule has 2 amide bonds. The number of aromatic nitrogens is 2. The number of halogens is 2. The minimum atomic E-state index is -3.68. The number of hydrogen-bond acceptors (Lipinski definition) is 11. The maximum absolute atomic E-state index is 13.9. The zero-order chi connectivity index (χ0) is 48.8. The topological polar surface area (TPSA) is 189 Å². The van der Waals surface area contributed by atoms with E-state index in [-0.39, 0.29) is 65.4 Å². The third-order valence-corrected chi connectivity index (χ3v) is 13.9. The van der Waals surface area contributed by atoms with Crippen LogP contribution in [0.1, 0.15) is 74.5 Å². The monoisotopic (exact) mass is 964 g/mol. The summed E-state index contributed by atoms with van der Waals surface area (Å²) >= 11 is 0. The Kier molecular flexibility index (Phi) is 12.7. The number of benzene rings is 5. The summed E-state index contributed by atoms with van der Waals surface area (Å²) in [4.78, 5) is 38.9. The van der Waals surface area contributed by atoms with Gasteiger partial charge in [0, 0.05) is 54.4 Å². The molecule has 19 heteroatoms. The average Bonchev–Trinajstić information content (AvgIpc) is 3.85. The maximum atomic E-state index is 13.9. The molecule has 7 aromatic rings. The third kappa shape index (κ3) is 9.05. The summed E-state index contributed by atoms with van der Waals surface area (Å²) < 4.78 is 91.3. The van der Waals surface area contributed by atoms with Crippen LogP contribution in [0.5, 0.6) is 17.2 Å². The molecule has 2 unspecified atom stereocenters. The highest BCUT2D eigenvalue weighted by molar-refractivity contribution is 7.92. The molecule has 2 aliphatic rings. The van der Waals surface area contributed by atoms with Gasteiger partial charge in [0.25, 0.3) is 11.8 Å². The predicted octanol–water partition coefficient (Wildman–Crippen LogP) is 8.24. The molecule has 15 nitrogen and oxygen atoms in total. The number of nitrogens with one attached hydrogen (secondary N) is 1. The Balaban J connectivity index is 0.000000189. The SMILES string of the molecule is CC(c1ccc(F)cc1)N1Cc2c(c(O)c3ncccc3c2N(C)S(C)(=O)=O)C1=O.COc1ccc(COc2c3c(c(NS(C)(=O)=O)c4cccnc24)CN(C(C)c2ccc(F)cc2)C3=O)cc1. The van der Waals surface area contributed by atoms with Crippen molar-refractivity contribution in [2.75, 3.05) is 35.7 Å². The lowest BCUT2D eigenvalue weighted by Crippen LogP contribution is -2.28. The second-order valence-corrected chi connectivity index (χ2v) is 20.2. The Bertz CT molecular complexity index is 3340.